The number of carbonyl (C=O) groups excluding carboxylic acids is 1. The van der Waals surface area contributed by atoms with Crippen molar-refractivity contribution in [3.63, 3.8) is 0 Å². The molecular formula is C17H16ClF3N2O4S. The highest BCUT2D eigenvalue weighted by Crippen LogP contribution is 2.36. The van der Waals surface area contributed by atoms with Gasteiger partial charge in [0.25, 0.3) is 0 Å². The summed E-state index contributed by atoms with van der Waals surface area (Å²) in [6.07, 6.45) is -3.87. The fourth-order valence-electron chi connectivity index (χ4n) is 2.33. The van der Waals surface area contributed by atoms with Gasteiger partial charge in [0.05, 0.1) is 30.3 Å². The summed E-state index contributed by atoms with van der Waals surface area (Å²) in [7, 11) is -2.45. The predicted molar refractivity (Wildman–Crippen MR) is 100 cm³/mol. The summed E-state index contributed by atoms with van der Waals surface area (Å²) in [6, 6.07) is 8.67. The quantitative estimate of drug-likeness (QED) is 0.748. The number of hydrogen-bond acceptors (Lipinski definition) is 4. The smallest absolute Gasteiger partial charge is 0.418 e. The number of carbonyl (C=O) groups is 1. The van der Waals surface area contributed by atoms with Crippen molar-refractivity contribution in [3.05, 3.63) is 53.1 Å². The Balaban J connectivity index is 2.28. The van der Waals surface area contributed by atoms with E-state index in [1.54, 1.807) is 0 Å². The lowest BCUT2D eigenvalue weighted by Gasteiger charge is -2.22. The van der Waals surface area contributed by atoms with Gasteiger partial charge in [-0.05, 0) is 42.5 Å². The molecule has 0 saturated heterocycles. The molecule has 0 aliphatic heterocycles. The Kier molecular flexibility index (Phi) is 6.45. The van der Waals surface area contributed by atoms with Crippen LogP contribution in [-0.4, -0.2) is 34.2 Å². The van der Waals surface area contributed by atoms with Gasteiger partial charge < -0.3 is 10.1 Å². The van der Waals surface area contributed by atoms with Crippen molar-refractivity contribution in [2.45, 2.75) is 6.18 Å². The van der Waals surface area contributed by atoms with Crippen molar-refractivity contribution >= 4 is 38.9 Å². The zero-order valence-electron chi connectivity index (χ0n) is 14.7. The van der Waals surface area contributed by atoms with Crippen LogP contribution in [0.2, 0.25) is 5.02 Å². The lowest BCUT2D eigenvalue weighted by atomic mass is 10.1. The molecule has 0 saturated carbocycles. The minimum absolute atomic E-state index is 0.152. The van der Waals surface area contributed by atoms with Crippen LogP contribution in [0.3, 0.4) is 0 Å². The first-order valence-electron chi connectivity index (χ1n) is 7.70. The molecule has 0 radical (unpaired) electrons. The number of sulfonamides is 1. The molecule has 1 N–H and O–H groups in total. The van der Waals surface area contributed by atoms with Gasteiger partial charge >= 0.3 is 6.18 Å². The van der Waals surface area contributed by atoms with E-state index >= 15 is 0 Å². The SMILES string of the molecule is COc1ccc(N(CC(=O)Nc2ccc(Cl)cc2C(F)(F)F)S(C)(=O)=O)cc1. The highest BCUT2D eigenvalue weighted by molar-refractivity contribution is 7.92. The highest BCUT2D eigenvalue weighted by atomic mass is 35.5. The third-order valence-corrected chi connectivity index (χ3v) is 4.98. The summed E-state index contributed by atoms with van der Waals surface area (Å²) < 4.78 is 69.3. The van der Waals surface area contributed by atoms with Crippen molar-refractivity contribution in [1.82, 2.24) is 0 Å². The Hall–Kier alpha value is -2.46. The van der Waals surface area contributed by atoms with E-state index < -0.39 is 39.9 Å². The molecule has 0 bridgehead atoms. The van der Waals surface area contributed by atoms with E-state index in [-0.39, 0.29) is 10.7 Å². The summed E-state index contributed by atoms with van der Waals surface area (Å²) in [5.41, 5.74) is -1.50. The third kappa shape index (κ3) is 5.52. The Morgan fingerprint density at radius 3 is 2.29 bits per heavy atom. The van der Waals surface area contributed by atoms with Gasteiger partial charge in [-0.15, -0.1) is 0 Å². The van der Waals surface area contributed by atoms with Crippen molar-refractivity contribution in [2.24, 2.45) is 0 Å². The second-order valence-electron chi connectivity index (χ2n) is 5.70. The summed E-state index contributed by atoms with van der Waals surface area (Å²) in [5.74, 6) is -0.480. The standard InChI is InChI=1S/C17H16ClF3N2O4S/c1-27-13-6-4-12(5-7-13)23(28(2,25)26)10-16(24)22-15-8-3-11(18)9-14(15)17(19,20)21/h3-9H,10H2,1-2H3,(H,22,24). The minimum atomic E-state index is -4.75. The first-order chi connectivity index (χ1) is 12.9. The number of anilines is 2. The molecule has 0 atom stereocenters. The molecule has 6 nitrogen and oxygen atoms in total. The van der Waals surface area contributed by atoms with Crippen molar-refractivity contribution in [3.8, 4) is 5.75 Å². The van der Waals surface area contributed by atoms with Crippen LogP contribution in [0.15, 0.2) is 42.5 Å². The van der Waals surface area contributed by atoms with Crippen LogP contribution in [0.5, 0.6) is 5.75 Å². The van der Waals surface area contributed by atoms with Gasteiger partial charge in [-0.3, -0.25) is 9.10 Å². The van der Waals surface area contributed by atoms with Crippen LogP contribution in [0.4, 0.5) is 24.5 Å². The maximum atomic E-state index is 13.1. The van der Waals surface area contributed by atoms with Gasteiger partial charge in [0.2, 0.25) is 15.9 Å². The Morgan fingerprint density at radius 1 is 1.18 bits per heavy atom. The zero-order chi connectivity index (χ0) is 21.1. The Morgan fingerprint density at radius 2 is 1.79 bits per heavy atom. The van der Waals surface area contributed by atoms with Crippen LogP contribution >= 0.6 is 11.6 Å². The molecule has 2 rings (SSSR count). The first-order valence-corrected chi connectivity index (χ1v) is 9.93. The zero-order valence-corrected chi connectivity index (χ0v) is 16.3. The Bertz CT molecular complexity index is 963. The van der Waals surface area contributed by atoms with Crippen LogP contribution in [0.25, 0.3) is 0 Å². The lowest BCUT2D eigenvalue weighted by molar-refractivity contribution is -0.137. The van der Waals surface area contributed by atoms with Crippen LogP contribution in [0, 0.1) is 0 Å². The van der Waals surface area contributed by atoms with Gasteiger partial charge in [-0.25, -0.2) is 8.42 Å². The van der Waals surface area contributed by atoms with Gasteiger partial charge in [0.1, 0.15) is 12.3 Å². The van der Waals surface area contributed by atoms with Crippen LogP contribution in [0.1, 0.15) is 5.56 Å². The maximum Gasteiger partial charge on any atom is 0.418 e. The normalized spacial score (nSPS) is 11.8. The van der Waals surface area contributed by atoms with Crippen LogP contribution in [-0.2, 0) is 21.0 Å². The second kappa shape index (κ2) is 8.27. The topological polar surface area (TPSA) is 75.7 Å². The largest absolute Gasteiger partial charge is 0.497 e. The van der Waals surface area contributed by atoms with E-state index in [1.807, 2.05) is 0 Å². The molecular weight excluding hydrogens is 421 g/mol. The van der Waals surface area contributed by atoms with E-state index in [0.29, 0.717) is 11.8 Å². The number of rotatable bonds is 6. The van der Waals surface area contributed by atoms with Crippen molar-refractivity contribution in [2.75, 3.05) is 29.5 Å². The van der Waals surface area contributed by atoms with E-state index in [2.05, 4.69) is 5.32 Å². The highest BCUT2D eigenvalue weighted by Gasteiger charge is 2.34. The molecule has 0 aliphatic rings. The fourth-order valence-corrected chi connectivity index (χ4v) is 3.36. The third-order valence-electron chi connectivity index (χ3n) is 3.61. The number of methoxy groups -OCH3 is 1. The number of nitrogens with zero attached hydrogens (tertiary/aromatic N) is 1. The molecule has 0 heterocycles. The Labute approximate surface area is 164 Å². The van der Waals surface area contributed by atoms with Gasteiger partial charge in [0, 0.05) is 5.02 Å². The number of nitrogens with one attached hydrogen (secondary N) is 1. The van der Waals surface area contributed by atoms with E-state index in [9.17, 15) is 26.4 Å². The molecule has 2 aromatic rings. The lowest BCUT2D eigenvalue weighted by Crippen LogP contribution is -2.37. The fraction of sp³-hybridized carbons (Fsp3) is 0.235. The number of alkyl halides is 3. The van der Waals surface area contributed by atoms with E-state index in [4.69, 9.17) is 16.3 Å². The summed E-state index contributed by atoms with van der Waals surface area (Å²) in [5, 5.41) is 1.94. The monoisotopic (exact) mass is 436 g/mol. The molecule has 28 heavy (non-hydrogen) atoms. The number of ether oxygens (including phenoxy) is 1. The van der Waals surface area contributed by atoms with Gasteiger partial charge in [-0.2, -0.15) is 13.2 Å². The molecule has 0 spiro atoms. The number of benzene rings is 2. The van der Waals surface area contributed by atoms with E-state index in [0.717, 1.165) is 16.6 Å². The molecule has 1 amide bonds. The van der Waals surface area contributed by atoms with Crippen LogP contribution < -0.4 is 14.4 Å². The van der Waals surface area contributed by atoms with Gasteiger partial charge in [-0.1, -0.05) is 11.6 Å². The summed E-state index contributed by atoms with van der Waals surface area (Å²) in [6.45, 7) is -0.717. The van der Waals surface area contributed by atoms with Crippen molar-refractivity contribution < 1.29 is 31.1 Å². The molecule has 0 aromatic heterocycles. The summed E-state index contributed by atoms with van der Waals surface area (Å²) in [4.78, 5) is 12.3. The predicted octanol–water partition coefficient (Wildman–Crippen LogP) is 3.77. The average Bonchev–Trinajstić information content (AvgIpc) is 2.59. The van der Waals surface area contributed by atoms with E-state index in [1.165, 1.54) is 37.4 Å². The summed E-state index contributed by atoms with van der Waals surface area (Å²) >= 11 is 5.60. The second-order valence-corrected chi connectivity index (χ2v) is 8.05. The molecule has 0 unspecified atom stereocenters. The maximum absolute atomic E-state index is 13.1. The number of amides is 1. The molecule has 152 valence electrons. The number of halogens is 4. The first kappa shape index (κ1) is 21.8. The van der Waals surface area contributed by atoms with Gasteiger partial charge in [0.15, 0.2) is 0 Å². The molecule has 11 heteroatoms. The molecule has 2 aromatic carbocycles. The van der Waals surface area contributed by atoms with Crippen molar-refractivity contribution in [1.29, 1.82) is 0 Å². The number of hydrogen-bond donors (Lipinski definition) is 1. The molecule has 0 aliphatic carbocycles. The minimum Gasteiger partial charge on any atom is -0.497 e. The molecule has 0 fully saturated rings. The average molecular weight is 437 g/mol.